The molecule has 2 aliphatic heterocycles. The molecule has 1 unspecified atom stereocenters. The van der Waals surface area contributed by atoms with Crippen LogP contribution in [0.2, 0.25) is 0 Å². The molecule has 3 aliphatic rings. The molecule has 3 heteroatoms. The zero-order chi connectivity index (χ0) is 76.6. The Morgan fingerprint density at radius 1 is 0.274 bits per heavy atom. The summed E-state index contributed by atoms with van der Waals surface area (Å²) in [5.41, 5.74) is 31.6. The molecular formula is C103H85BN2. The molecule has 106 heavy (non-hydrogen) atoms. The molecule has 510 valence electrons. The van der Waals surface area contributed by atoms with Crippen molar-refractivity contribution in [3.63, 3.8) is 0 Å². The van der Waals surface area contributed by atoms with E-state index in [-0.39, 0.29) is 40.6 Å². The first-order chi connectivity index (χ1) is 53.6. The molecule has 15 aromatic carbocycles. The van der Waals surface area contributed by atoms with Crippen LogP contribution >= 0.6 is 0 Å². The van der Waals surface area contributed by atoms with Gasteiger partial charge >= 0.3 is 0 Å². The Kier molecular flexibility index (Phi) is 14.6. The summed E-state index contributed by atoms with van der Waals surface area (Å²) in [5.74, 6) is 0. The van der Waals surface area contributed by atoms with E-state index in [1.165, 1.54) is 44.5 Å². The minimum Gasteiger partial charge on any atom is -0.310 e. The Hall–Kier alpha value is -12.0. The first kappa shape index (κ1) is 60.4. The summed E-state index contributed by atoms with van der Waals surface area (Å²) in [6.45, 7) is 20.3. The van der Waals surface area contributed by atoms with Crippen LogP contribution < -0.4 is 26.2 Å². The second-order valence-corrected chi connectivity index (χ2v) is 32.0. The second kappa shape index (κ2) is 25.7. The molecule has 0 radical (unpaired) electrons. The van der Waals surface area contributed by atoms with Crippen LogP contribution in [0.5, 0.6) is 0 Å². The molecule has 0 saturated carbocycles. The first-order valence-corrected chi connectivity index (χ1v) is 37.3. The van der Waals surface area contributed by atoms with Gasteiger partial charge < -0.3 is 9.80 Å². The fraction of sp³-hybridized carbons (Fsp3) is 0.126. The lowest BCUT2D eigenvalue weighted by Gasteiger charge is -2.47. The third-order valence-electron chi connectivity index (χ3n) is 22.5. The highest BCUT2D eigenvalue weighted by atomic mass is 15.2. The average Bonchev–Trinajstić information content (AvgIpc) is 1.68. The van der Waals surface area contributed by atoms with Gasteiger partial charge in [-0.05, 0) is 187 Å². The minimum atomic E-state index is -0.782. The zero-order valence-corrected chi connectivity index (χ0v) is 61.6. The van der Waals surface area contributed by atoms with Crippen LogP contribution in [0.3, 0.4) is 0 Å². The lowest BCUT2D eigenvalue weighted by molar-refractivity contribution is 0.590. The zero-order valence-electron chi connectivity index (χ0n) is 66.6. The standard InChI is InChI=1S/C103H85BN2/c1-100(2,3)79-62-85(71-38-21-12-22-39-71)98(86(63-79)72-40-23-13-24-41-72)105-92-59-55-75(69-36-19-11-20-37-69)60-91(92)104-90-58-54-76(82-49-33-50-84-83-48-31-32-51-89(83)103(96(82)84,77-46-29-16-30-47-77)78-56-52-70(53-57-78)68-34-17-10-18-35-68)61-93(90)106(95-67-81(102(7,8)9)66-94(105)97(95)104)99-87(73-42-25-14-26-43-73)64-80(101(4,5)6)65-88(99)74-44-27-15-28-45-74/h10-67H,1-9H3/i11D,19D,20D,36D,37D. The van der Waals surface area contributed by atoms with E-state index in [0.29, 0.717) is 5.56 Å². The molecule has 0 aromatic heterocycles. The Labute approximate surface area is 633 Å². The average molecular weight is 1370 g/mol. The van der Waals surface area contributed by atoms with Gasteiger partial charge in [-0.3, -0.25) is 0 Å². The Bertz CT molecular complexity index is 6030. The van der Waals surface area contributed by atoms with Crippen LogP contribution in [0.4, 0.5) is 34.1 Å². The molecule has 18 rings (SSSR count). The molecule has 0 spiro atoms. The van der Waals surface area contributed by atoms with Crippen molar-refractivity contribution in [2.24, 2.45) is 0 Å². The molecule has 1 atom stereocenters. The second-order valence-electron chi connectivity index (χ2n) is 32.0. The van der Waals surface area contributed by atoms with Gasteiger partial charge in [-0.15, -0.1) is 0 Å². The van der Waals surface area contributed by atoms with E-state index in [1.807, 2.05) is 6.07 Å². The number of nitrogens with zero attached hydrogens (tertiary/aromatic N) is 2. The number of fused-ring (bicyclic) bond motifs is 7. The molecular weight excluding hydrogens is 1280 g/mol. The highest BCUT2D eigenvalue weighted by molar-refractivity contribution is 7.00. The Morgan fingerprint density at radius 3 is 1.17 bits per heavy atom. The predicted octanol–water partition coefficient (Wildman–Crippen LogP) is 25.7. The number of anilines is 6. The van der Waals surface area contributed by atoms with E-state index in [0.717, 1.165) is 123 Å². The van der Waals surface area contributed by atoms with Gasteiger partial charge in [-0.2, -0.15) is 0 Å². The van der Waals surface area contributed by atoms with E-state index in [4.69, 9.17) is 1.37 Å². The minimum absolute atomic E-state index is 0.149. The molecule has 15 aromatic rings. The topological polar surface area (TPSA) is 6.48 Å². The highest BCUT2D eigenvalue weighted by Gasteiger charge is 2.50. The normalized spacial score (nSPS) is 14.9. The van der Waals surface area contributed by atoms with Gasteiger partial charge in [-0.1, -0.05) is 366 Å². The van der Waals surface area contributed by atoms with E-state index >= 15 is 0 Å². The highest BCUT2D eigenvalue weighted by Crippen LogP contribution is 2.61. The third kappa shape index (κ3) is 11.0. The first-order valence-electron chi connectivity index (χ1n) is 39.8. The smallest absolute Gasteiger partial charge is 0.252 e. The maximum absolute atomic E-state index is 9.71. The van der Waals surface area contributed by atoms with Crippen LogP contribution in [0.15, 0.2) is 352 Å². The van der Waals surface area contributed by atoms with E-state index in [9.17, 15) is 5.48 Å². The maximum Gasteiger partial charge on any atom is 0.252 e. The SMILES string of the molecule is [2H]c1c([2H])c([2H])c(-c2ccc3c(c2)B2c4ccc(-c5cccc6c5C(c5ccccc5)(c5ccc(-c7ccccc7)cc5)c5ccccc5-6)cc4N(c4c(-c5ccccc5)cc(C(C)(C)C)cc4-c4ccccc4)c4cc(C(C)(C)C)cc(c42)N3c2c(-c3ccccc3)cc(C(C)(C)C)cc2-c2ccccc2)c([2H])c1[2H]. The Balaban J connectivity index is 1.02. The van der Waals surface area contributed by atoms with Crippen LogP contribution in [-0.2, 0) is 21.7 Å². The van der Waals surface area contributed by atoms with Gasteiger partial charge in [0.05, 0.1) is 23.6 Å². The maximum atomic E-state index is 9.71. The number of rotatable bonds is 11. The molecule has 0 amide bonds. The van der Waals surface area contributed by atoms with Gasteiger partial charge in [0.1, 0.15) is 0 Å². The molecule has 2 heterocycles. The van der Waals surface area contributed by atoms with Gasteiger partial charge in [0.2, 0.25) is 0 Å². The summed E-state index contributed by atoms with van der Waals surface area (Å²) >= 11 is 0. The summed E-state index contributed by atoms with van der Waals surface area (Å²) in [4.78, 5) is 5.19. The molecule has 0 saturated heterocycles. The number of hydrogen-bond acceptors (Lipinski definition) is 2. The van der Waals surface area contributed by atoms with Crippen molar-refractivity contribution >= 4 is 57.2 Å². The molecule has 2 nitrogen and oxygen atoms in total. The summed E-state index contributed by atoms with van der Waals surface area (Å²) in [6, 6.07) is 117. The van der Waals surface area contributed by atoms with Crippen LogP contribution in [0, 0.1) is 0 Å². The number of benzene rings is 15. The molecule has 0 fully saturated rings. The summed E-state index contributed by atoms with van der Waals surface area (Å²) in [7, 11) is 0. The predicted molar refractivity (Wildman–Crippen MR) is 452 cm³/mol. The van der Waals surface area contributed by atoms with Gasteiger partial charge in [0.15, 0.2) is 0 Å². The Morgan fingerprint density at radius 2 is 0.670 bits per heavy atom. The summed E-state index contributed by atoms with van der Waals surface area (Å²) in [5, 5.41) is 0. The summed E-state index contributed by atoms with van der Waals surface area (Å²) < 4.78 is 46.7. The monoisotopic (exact) mass is 1370 g/mol. The van der Waals surface area contributed by atoms with Crippen molar-refractivity contribution in [1.29, 1.82) is 0 Å². The van der Waals surface area contributed by atoms with Crippen LogP contribution in [0.1, 0.15) is 108 Å². The van der Waals surface area contributed by atoms with Crippen molar-refractivity contribution in [2.45, 2.75) is 84.0 Å². The van der Waals surface area contributed by atoms with Crippen LogP contribution in [-0.4, -0.2) is 6.71 Å². The van der Waals surface area contributed by atoms with E-state index in [2.05, 4.69) is 388 Å². The molecule has 0 bridgehead atoms. The summed E-state index contributed by atoms with van der Waals surface area (Å²) in [6.07, 6.45) is 0. The van der Waals surface area contributed by atoms with Crippen LogP contribution in [0.25, 0.3) is 89.0 Å². The van der Waals surface area contributed by atoms with E-state index < -0.39 is 23.6 Å². The molecule has 1 aliphatic carbocycles. The van der Waals surface area contributed by atoms with Gasteiger partial charge in [0.25, 0.3) is 6.71 Å². The van der Waals surface area contributed by atoms with Gasteiger partial charge in [0, 0.05) is 45.0 Å². The van der Waals surface area contributed by atoms with Crippen molar-refractivity contribution in [3.05, 3.63) is 391 Å². The lowest BCUT2D eigenvalue weighted by atomic mass is 9.33. The largest absolute Gasteiger partial charge is 0.310 e. The van der Waals surface area contributed by atoms with Crippen molar-refractivity contribution in [1.82, 2.24) is 0 Å². The quantitative estimate of drug-likeness (QED) is 0.119. The fourth-order valence-electron chi connectivity index (χ4n) is 17.2. The van der Waals surface area contributed by atoms with Crippen molar-refractivity contribution < 1.29 is 6.85 Å². The van der Waals surface area contributed by atoms with Gasteiger partial charge in [-0.25, -0.2) is 0 Å². The lowest BCUT2D eigenvalue weighted by Crippen LogP contribution is -2.61. The van der Waals surface area contributed by atoms with Crippen molar-refractivity contribution in [3.8, 4) is 89.0 Å². The fourth-order valence-corrected chi connectivity index (χ4v) is 17.2. The van der Waals surface area contributed by atoms with Crippen molar-refractivity contribution in [2.75, 3.05) is 9.80 Å². The third-order valence-corrected chi connectivity index (χ3v) is 22.5. The molecule has 0 N–H and O–H groups in total. The van der Waals surface area contributed by atoms with E-state index in [1.54, 1.807) is 0 Å². The number of hydrogen-bond donors (Lipinski definition) is 0.